The lowest BCUT2D eigenvalue weighted by Gasteiger charge is -2.07. The second-order valence-electron chi connectivity index (χ2n) is 5.24. The predicted molar refractivity (Wildman–Crippen MR) is 102 cm³/mol. The molecule has 0 amide bonds. The molecule has 0 saturated carbocycles. The van der Waals surface area contributed by atoms with Crippen LogP contribution in [-0.2, 0) is 6.54 Å². The summed E-state index contributed by atoms with van der Waals surface area (Å²) in [6.45, 7) is 0.639. The fraction of sp³-hybridized carbons (Fsp3) is 0.0556. The SMILES string of the molecule is Brc1ccc2c(NCc3nnc(-c4ccccc4)s3)ccnc2c1. The summed E-state index contributed by atoms with van der Waals surface area (Å²) in [7, 11) is 0. The molecule has 0 radical (unpaired) electrons. The van der Waals surface area contributed by atoms with Crippen molar-refractivity contribution in [2.75, 3.05) is 5.32 Å². The van der Waals surface area contributed by atoms with Crippen molar-refractivity contribution in [3.05, 3.63) is 70.3 Å². The van der Waals surface area contributed by atoms with Crippen LogP contribution in [0.5, 0.6) is 0 Å². The van der Waals surface area contributed by atoms with E-state index in [9.17, 15) is 0 Å². The van der Waals surface area contributed by atoms with Gasteiger partial charge in [0, 0.05) is 27.3 Å². The van der Waals surface area contributed by atoms with Crippen LogP contribution in [0.3, 0.4) is 0 Å². The van der Waals surface area contributed by atoms with Crippen LogP contribution < -0.4 is 5.32 Å². The Morgan fingerprint density at radius 1 is 1.00 bits per heavy atom. The fourth-order valence-electron chi connectivity index (χ4n) is 2.47. The largest absolute Gasteiger partial charge is 0.378 e. The van der Waals surface area contributed by atoms with E-state index in [1.54, 1.807) is 11.3 Å². The number of pyridine rings is 1. The number of aromatic nitrogens is 3. The Kier molecular flexibility index (Phi) is 4.23. The van der Waals surface area contributed by atoms with E-state index in [1.165, 1.54) is 0 Å². The van der Waals surface area contributed by atoms with Crippen molar-refractivity contribution in [2.45, 2.75) is 6.54 Å². The minimum Gasteiger partial charge on any atom is -0.378 e. The van der Waals surface area contributed by atoms with Crippen molar-refractivity contribution in [1.82, 2.24) is 15.2 Å². The van der Waals surface area contributed by atoms with E-state index >= 15 is 0 Å². The molecular formula is C18H13BrN4S. The zero-order valence-electron chi connectivity index (χ0n) is 12.6. The van der Waals surface area contributed by atoms with Crippen molar-refractivity contribution in [2.24, 2.45) is 0 Å². The molecule has 0 bridgehead atoms. The molecule has 0 atom stereocenters. The summed E-state index contributed by atoms with van der Waals surface area (Å²) in [4.78, 5) is 4.41. The number of benzene rings is 2. The highest BCUT2D eigenvalue weighted by Gasteiger charge is 2.07. The molecular weight excluding hydrogens is 384 g/mol. The van der Waals surface area contributed by atoms with Crippen molar-refractivity contribution in [3.8, 4) is 10.6 Å². The summed E-state index contributed by atoms with van der Waals surface area (Å²) < 4.78 is 1.02. The molecule has 24 heavy (non-hydrogen) atoms. The Morgan fingerprint density at radius 3 is 2.75 bits per heavy atom. The Labute approximate surface area is 151 Å². The van der Waals surface area contributed by atoms with Gasteiger partial charge in [0.1, 0.15) is 10.0 Å². The van der Waals surface area contributed by atoms with Crippen LogP contribution in [0.4, 0.5) is 5.69 Å². The predicted octanol–water partition coefficient (Wildman–Crippen LogP) is 5.13. The van der Waals surface area contributed by atoms with Gasteiger partial charge in [-0.05, 0) is 24.3 Å². The average molecular weight is 397 g/mol. The molecule has 0 aliphatic carbocycles. The van der Waals surface area contributed by atoms with Crippen molar-refractivity contribution >= 4 is 43.9 Å². The zero-order chi connectivity index (χ0) is 16.4. The third-order valence-electron chi connectivity index (χ3n) is 3.62. The maximum Gasteiger partial charge on any atom is 0.147 e. The Morgan fingerprint density at radius 2 is 1.88 bits per heavy atom. The summed E-state index contributed by atoms with van der Waals surface area (Å²) >= 11 is 5.09. The number of halogens is 1. The van der Waals surface area contributed by atoms with Crippen molar-refractivity contribution in [3.63, 3.8) is 0 Å². The molecule has 0 spiro atoms. The van der Waals surface area contributed by atoms with Gasteiger partial charge in [-0.1, -0.05) is 57.6 Å². The van der Waals surface area contributed by atoms with Gasteiger partial charge in [-0.15, -0.1) is 10.2 Å². The molecule has 4 aromatic rings. The number of rotatable bonds is 4. The first-order valence-electron chi connectivity index (χ1n) is 7.45. The minimum absolute atomic E-state index is 0.639. The van der Waals surface area contributed by atoms with Crippen LogP contribution >= 0.6 is 27.3 Å². The van der Waals surface area contributed by atoms with Crippen LogP contribution in [0.1, 0.15) is 5.01 Å². The smallest absolute Gasteiger partial charge is 0.147 e. The number of fused-ring (bicyclic) bond motifs is 1. The minimum atomic E-state index is 0.639. The van der Waals surface area contributed by atoms with Gasteiger partial charge in [0.05, 0.1) is 12.1 Å². The summed E-state index contributed by atoms with van der Waals surface area (Å²) in [5, 5.41) is 15.0. The van der Waals surface area contributed by atoms with E-state index in [-0.39, 0.29) is 0 Å². The number of hydrogen-bond donors (Lipinski definition) is 1. The lowest BCUT2D eigenvalue weighted by Crippen LogP contribution is -2.00. The zero-order valence-corrected chi connectivity index (χ0v) is 15.0. The summed E-state index contributed by atoms with van der Waals surface area (Å²) in [5.74, 6) is 0. The second kappa shape index (κ2) is 6.67. The molecule has 0 aliphatic heterocycles. The first kappa shape index (κ1) is 15.2. The first-order valence-corrected chi connectivity index (χ1v) is 9.06. The topological polar surface area (TPSA) is 50.7 Å². The number of nitrogens with one attached hydrogen (secondary N) is 1. The molecule has 0 fully saturated rings. The highest BCUT2D eigenvalue weighted by atomic mass is 79.9. The average Bonchev–Trinajstić information content (AvgIpc) is 3.09. The number of hydrogen-bond acceptors (Lipinski definition) is 5. The second-order valence-corrected chi connectivity index (χ2v) is 7.22. The van der Waals surface area contributed by atoms with Gasteiger partial charge in [-0.2, -0.15) is 0 Å². The van der Waals surface area contributed by atoms with E-state index in [0.29, 0.717) is 6.54 Å². The lowest BCUT2D eigenvalue weighted by molar-refractivity contribution is 0.993. The molecule has 1 N–H and O–H groups in total. The molecule has 0 aliphatic rings. The van der Waals surface area contributed by atoms with Gasteiger partial charge in [-0.25, -0.2) is 0 Å². The van der Waals surface area contributed by atoms with Gasteiger partial charge in [-0.3, -0.25) is 4.98 Å². The highest BCUT2D eigenvalue weighted by Crippen LogP contribution is 2.27. The highest BCUT2D eigenvalue weighted by molar-refractivity contribution is 9.10. The summed E-state index contributed by atoms with van der Waals surface area (Å²) in [5.41, 5.74) is 3.10. The maximum absolute atomic E-state index is 4.41. The third-order valence-corrected chi connectivity index (χ3v) is 5.09. The maximum atomic E-state index is 4.41. The van der Waals surface area contributed by atoms with Crippen LogP contribution in [0, 0.1) is 0 Å². The van der Waals surface area contributed by atoms with Crippen LogP contribution in [-0.4, -0.2) is 15.2 Å². The van der Waals surface area contributed by atoms with E-state index < -0.39 is 0 Å². The summed E-state index contributed by atoms with van der Waals surface area (Å²) in [6.07, 6.45) is 1.81. The normalized spacial score (nSPS) is 10.9. The van der Waals surface area contributed by atoms with Gasteiger partial charge < -0.3 is 5.32 Å². The van der Waals surface area contributed by atoms with Gasteiger partial charge in [0.2, 0.25) is 0 Å². The number of anilines is 1. The Balaban J connectivity index is 1.55. The third kappa shape index (κ3) is 3.16. The Hall–Kier alpha value is -2.31. The molecule has 4 rings (SSSR count). The van der Waals surface area contributed by atoms with Crippen LogP contribution in [0.15, 0.2) is 65.3 Å². The van der Waals surface area contributed by atoms with E-state index in [0.717, 1.165) is 36.6 Å². The monoisotopic (exact) mass is 396 g/mol. The number of nitrogens with zero attached hydrogens (tertiary/aromatic N) is 3. The molecule has 2 aromatic heterocycles. The quantitative estimate of drug-likeness (QED) is 0.519. The van der Waals surface area contributed by atoms with E-state index in [1.807, 2.05) is 54.7 Å². The standard InChI is InChI=1S/C18H13BrN4S/c19-13-6-7-14-15(8-9-20-16(14)10-13)21-11-17-22-23-18(24-17)12-4-2-1-3-5-12/h1-10H,11H2,(H,20,21). The van der Waals surface area contributed by atoms with E-state index in [4.69, 9.17) is 0 Å². The fourth-order valence-corrected chi connectivity index (χ4v) is 3.60. The molecule has 0 saturated heterocycles. The van der Waals surface area contributed by atoms with Crippen molar-refractivity contribution < 1.29 is 0 Å². The van der Waals surface area contributed by atoms with Gasteiger partial charge in [0.15, 0.2) is 0 Å². The van der Waals surface area contributed by atoms with Gasteiger partial charge >= 0.3 is 0 Å². The summed E-state index contributed by atoms with van der Waals surface area (Å²) in [6, 6.07) is 18.2. The van der Waals surface area contributed by atoms with Crippen molar-refractivity contribution in [1.29, 1.82) is 0 Å². The Bertz CT molecular complexity index is 985. The molecule has 118 valence electrons. The lowest BCUT2D eigenvalue weighted by atomic mass is 10.2. The van der Waals surface area contributed by atoms with Crippen LogP contribution in [0.2, 0.25) is 0 Å². The van der Waals surface area contributed by atoms with E-state index in [2.05, 4.69) is 42.5 Å². The van der Waals surface area contributed by atoms with Gasteiger partial charge in [0.25, 0.3) is 0 Å². The molecule has 2 heterocycles. The van der Waals surface area contributed by atoms with Crippen LogP contribution in [0.25, 0.3) is 21.5 Å². The molecule has 4 nitrogen and oxygen atoms in total. The molecule has 6 heteroatoms. The molecule has 2 aromatic carbocycles. The molecule has 0 unspecified atom stereocenters. The first-order chi connectivity index (χ1) is 11.8.